The molecule has 0 aromatic heterocycles. The Labute approximate surface area is 104 Å². The Morgan fingerprint density at radius 2 is 2.06 bits per heavy atom. The molecule has 1 aliphatic carbocycles. The van der Waals surface area contributed by atoms with Gasteiger partial charge in [-0.1, -0.05) is 0 Å². The number of carbonyl (C=O) groups is 2. The summed E-state index contributed by atoms with van der Waals surface area (Å²) in [7, 11) is 1.11. The van der Waals surface area contributed by atoms with Gasteiger partial charge >= 0.3 is 11.9 Å². The predicted octanol–water partition coefficient (Wildman–Crippen LogP) is -1.40. The van der Waals surface area contributed by atoms with Crippen LogP contribution < -0.4 is 0 Å². The van der Waals surface area contributed by atoms with Gasteiger partial charge in [0.1, 0.15) is 0 Å². The van der Waals surface area contributed by atoms with E-state index in [-0.39, 0.29) is 6.42 Å². The predicted molar refractivity (Wildman–Crippen MR) is 58.5 cm³/mol. The van der Waals surface area contributed by atoms with Crippen LogP contribution in [0.15, 0.2) is 0 Å². The summed E-state index contributed by atoms with van der Waals surface area (Å²) in [5.74, 6) is -5.69. The van der Waals surface area contributed by atoms with E-state index in [9.17, 15) is 24.9 Å². The summed E-state index contributed by atoms with van der Waals surface area (Å²) in [5, 5.41) is 38.2. The van der Waals surface area contributed by atoms with E-state index in [2.05, 4.69) is 4.74 Å². The second kappa shape index (κ2) is 5.21. The van der Waals surface area contributed by atoms with Crippen LogP contribution in [0.2, 0.25) is 0 Å². The number of carboxylic acid groups (broad SMARTS) is 1. The third kappa shape index (κ3) is 2.47. The first-order chi connectivity index (χ1) is 8.26. The van der Waals surface area contributed by atoms with Gasteiger partial charge in [-0.05, 0) is 6.92 Å². The smallest absolute Gasteiger partial charge is 0.311 e. The number of ether oxygens (including phenoxy) is 1. The molecule has 7 nitrogen and oxygen atoms in total. The highest BCUT2D eigenvalue weighted by Crippen LogP contribution is 2.44. The standard InChI is InChI=1S/C11H18O7/c1-11(17)3-6(13)7(8(11)9(14)15)5(4-12)10(16)18-2/h5-8,12-13,17H,3-4H2,1-2H3,(H,14,15)/t5-,6+,7-,8+,11-/m0/s1. The molecule has 18 heavy (non-hydrogen) atoms. The van der Waals surface area contributed by atoms with Gasteiger partial charge in [-0.3, -0.25) is 9.59 Å². The van der Waals surface area contributed by atoms with Crippen molar-refractivity contribution in [2.45, 2.75) is 25.0 Å². The molecule has 1 aliphatic rings. The number of carbonyl (C=O) groups excluding carboxylic acids is 1. The molecule has 1 rings (SSSR count). The normalized spacial score (nSPS) is 37.3. The van der Waals surface area contributed by atoms with Gasteiger partial charge in [0.25, 0.3) is 0 Å². The van der Waals surface area contributed by atoms with Crippen molar-refractivity contribution in [1.82, 2.24) is 0 Å². The molecule has 0 aromatic rings. The largest absolute Gasteiger partial charge is 0.481 e. The highest BCUT2D eigenvalue weighted by atomic mass is 16.5. The maximum absolute atomic E-state index is 11.5. The monoisotopic (exact) mass is 262 g/mol. The fourth-order valence-electron chi connectivity index (χ4n) is 2.76. The first-order valence-corrected chi connectivity index (χ1v) is 5.58. The van der Waals surface area contributed by atoms with Gasteiger partial charge in [0.05, 0.1) is 37.3 Å². The maximum atomic E-state index is 11.5. The van der Waals surface area contributed by atoms with Crippen LogP contribution in [0.5, 0.6) is 0 Å². The Hall–Kier alpha value is -1.18. The van der Waals surface area contributed by atoms with Gasteiger partial charge in [-0.25, -0.2) is 0 Å². The third-order valence-electron chi connectivity index (χ3n) is 3.55. The zero-order valence-electron chi connectivity index (χ0n) is 10.2. The van der Waals surface area contributed by atoms with Gasteiger partial charge < -0.3 is 25.2 Å². The van der Waals surface area contributed by atoms with Crippen molar-refractivity contribution < 1.29 is 34.8 Å². The van der Waals surface area contributed by atoms with Crippen LogP contribution in [0.4, 0.5) is 0 Å². The van der Waals surface area contributed by atoms with Gasteiger partial charge in [0.15, 0.2) is 0 Å². The lowest BCUT2D eigenvalue weighted by atomic mass is 9.79. The van der Waals surface area contributed by atoms with E-state index in [0.29, 0.717) is 0 Å². The molecular formula is C11H18O7. The van der Waals surface area contributed by atoms with Crippen molar-refractivity contribution in [3.63, 3.8) is 0 Å². The SMILES string of the molecule is COC(=O)[C@@H](CO)[C@H]1[C@H](O)C[C@](C)(O)[C@H]1C(=O)O. The molecular weight excluding hydrogens is 244 g/mol. The molecule has 0 spiro atoms. The summed E-state index contributed by atoms with van der Waals surface area (Å²) in [6, 6.07) is 0. The lowest BCUT2D eigenvalue weighted by Gasteiger charge is -2.28. The fourth-order valence-corrected chi connectivity index (χ4v) is 2.76. The van der Waals surface area contributed by atoms with Gasteiger partial charge in [0, 0.05) is 12.3 Å². The molecule has 0 aromatic carbocycles. The average molecular weight is 262 g/mol. The van der Waals surface area contributed by atoms with E-state index < -0.39 is 48.0 Å². The molecule has 4 N–H and O–H groups in total. The number of aliphatic carboxylic acids is 1. The second-order valence-corrected chi connectivity index (χ2v) is 4.83. The minimum atomic E-state index is -1.63. The van der Waals surface area contributed by atoms with Crippen LogP contribution >= 0.6 is 0 Å². The molecule has 0 heterocycles. The molecule has 0 radical (unpaired) electrons. The third-order valence-corrected chi connectivity index (χ3v) is 3.55. The number of aliphatic hydroxyl groups excluding tert-OH is 2. The molecule has 5 atom stereocenters. The Bertz CT molecular complexity index is 338. The molecule has 104 valence electrons. The summed E-state index contributed by atoms with van der Waals surface area (Å²) >= 11 is 0. The summed E-state index contributed by atoms with van der Waals surface area (Å²) in [4.78, 5) is 22.7. The number of rotatable bonds is 4. The minimum absolute atomic E-state index is 0.165. The summed E-state index contributed by atoms with van der Waals surface area (Å²) in [6.45, 7) is 0.648. The van der Waals surface area contributed by atoms with Crippen LogP contribution in [0.1, 0.15) is 13.3 Å². The maximum Gasteiger partial charge on any atom is 0.311 e. The highest BCUT2D eigenvalue weighted by Gasteiger charge is 2.57. The van der Waals surface area contributed by atoms with E-state index in [1.807, 2.05) is 0 Å². The zero-order chi connectivity index (χ0) is 14.1. The van der Waals surface area contributed by atoms with Crippen LogP contribution in [0.25, 0.3) is 0 Å². The number of hydrogen-bond donors (Lipinski definition) is 4. The van der Waals surface area contributed by atoms with E-state index >= 15 is 0 Å². The van der Waals surface area contributed by atoms with E-state index in [4.69, 9.17) is 5.11 Å². The van der Waals surface area contributed by atoms with E-state index in [0.717, 1.165) is 7.11 Å². The molecule has 0 aliphatic heterocycles. The fraction of sp³-hybridized carbons (Fsp3) is 0.818. The van der Waals surface area contributed by atoms with Crippen LogP contribution in [0.3, 0.4) is 0 Å². The Balaban J connectivity index is 3.10. The minimum Gasteiger partial charge on any atom is -0.481 e. The Morgan fingerprint density at radius 3 is 2.44 bits per heavy atom. The Kier molecular flexibility index (Phi) is 4.31. The molecule has 0 unspecified atom stereocenters. The summed E-state index contributed by atoms with van der Waals surface area (Å²) in [6.07, 6.45) is -1.35. The van der Waals surface area contributed by atoms with E-state index in [1.165, 1.54) is 6.92 Å². The van der Waals surface area contributed by atoms with Crippen molar-refractivity contribution in [2.24, 2.45) is 17.8 Å². The second-order valence-electron chi connectivity index (χ2n) is 4.83. The zero-order valence-corrected chi connectivity index (χ0v) is 10.2. The quantitative estimate of drug-likeness (QED) is 0.459. The molecule has 0 amide bonds. The Morgan fingerprint density at radius 1 is 1.50 bits per heavy atom. The molecule has 1 saturated carbocycles. The van der Waals surface area contributed by atoms with Crippen molar-refractivity contribution >= 4 is 11.9 Å². The van der Waals surface area contributed by atoms with Gasteiger partial charge in [-0.2, -0.15) is 0 Å². The molecule has 0 bridgehead atoms. The number of methoxy groups -OCH3 is 1. The van der Waals surface area contributed by atoms with Gasteiger partial charge in [0.2, 0.25) is 0 Å². The van der Waals surface area contributed by atoms with Crippen molar-refractivity contribution in [3.05, 3.63) is 0 Å². The van der Waals surface area contributed by atoms with Crippen molar-refractivity contribution in [1.29, 1.82) is 0 Å². The number of hydrogen-bond acceptors (Lipinski definition) is 6. The lowest BCUT2D eigenvalue weighted by molar-refractivity contribution is -0.159. The summed E-state index contributed by atoms with van der Waals surface area (Å²) < 4.78 is 4.48. The van der Waals surface area contributed by atoms with Crippen LogP contribution in [-0.2, 0) is 14.3 Å². The van der Waals surface area contributed by atoms with E-state index in [1.54, 1.807) is 0 Å². The molecule has 7 heteroatoms. The van der Waals surface area contributed by atoms with Crippen molar-refractivity contribution in [2.75, 3.05) is 13.7 Å². The first kappa shape index (κ1) is 14.9. The van der Waals surface area contributed by atoms with Gasteiger partial charge in [-0.15, -0.1) is 0 Å². The lowest BCUT2D eigenvalue weighted by Crippen LogP contribution is -2.43. The summed E-state index contributed by atoms with van der Waals surface area (Å²) in [5.41, 5.74) is -1.63. The first-order valence-electron chi connectivity index (χ1n) is 5.58. The molecule has 0 saturated heterocycles. The highest BCUT2D eigenvalue weighted by molar-refractivity contribution is 5.77. The average Bonchev–Trinajstić information content (AvgIpc) is 2.49. The van der Waals surface area contributed by atoms with Crippen LogP contribution in [-0.4, -0.2) is 57.8 Å². The number of carboxylic acids is 1. The number of aliphatic hydroxyl groups is 3. The molecule has 1 fully saturated rings. The van der Waals surface area contributed by atoms with Crippen molar-refractivity contribution in [3.8, 4) is 0 Å². The number of esters is 1. The topological polar surface area (TPSA) is 124 Å². The van der Waals surface area contributed by atoms with Crippen LogP contribution in [0, 0.1) is 17.8 Å².